The van der Waals surface area contributed by atoms with Crippen molar-refractivity contribution in [3.8, 4) is 6.07 Å². The molecule has 0 amide bonds. The number of carboxylic acids is 1. The Bertz CT molecular complexity index is 493. The van der Waals surface area contributed by atoms with E-state index in [1.165, 1.54) is 24.3 Å². The molecule has 0 bridgehead atoms. The van der Waals surface area contributed by atoms with Gasteiger partial charge in [0.2, 0.25) is 5.92 Å². The summed E-state index contributed by atoms with van der Waals surface area (Å²) >= 11 is 5.62. The third-order valence-electron chi connectivity index (χ3n) is 1.92. The summed E-state index contributed by atoms with van der Waals surface area (Å²) in [6.45, 7) is 0. The van der Waals surface area contributed by atoms with E-state index in [0.717, 1.165) is 0 Å². The van der Waals surface area contributed by atoms with Gasteiger partial charge in [0.25, 0.3) is 0 Å². The maximum Gasteiger partial charge on any atom is 0.329 e. The van der Waals surface area contributed by atoms with Gasteiger partial charge in [-0.25, -0.2) is 0 Å². The Morgan fingerprint density at radius 2 is 2.12 bits per heavy atom. The first-order chi connectivity index (χ1) is 7.47. The number of carbonyl (C=O) groups is 2. The van der Waals surface area contributed by atoms with E-state index >= 15 is 0 Å². The third kappa shape index (κ3) is 2.30. The van der Waals surface area contributed by atoms with Crippen LogP contribution in [0.25, 0.3) is 0 Å². The van der Waals surface area contributed by atoms with Gasteiger partial charge in [-0.15, -0.1) is 0 Å². The molecule has 0 spiro atoms. The van der Waals surface area contributed by atoms with Crippen LogP contribution in [0.2, 0.25) is 5.02 Å². The highest BCUT2D eigenvalue weighted by atomic mass is 35.5. The van der Waals surface area contributed by atoms with Gasteiger partial charge in [-0.1, -0.05) is 11.6 Å². The molecule has 0 aliphatic carbocycles. The second kappa shape index (κ2) is 4.64. The lowest BCUT2D eigenvalue weighted by molar-refractivity contribution is -0.138. The Kier molecular flexibility index (Phi) is 3.48. The SMILES string of the molecule is N#CC(C(=O)O)C(=O)c1ccc(Cl)cc1N. The Hall–Kier alpha value is -2.06. The number of Topliss-reactive ketones (excluding diaryl/α,β-unsaturated/α-hetero) is 1. The van der Waals surface area contributed by atoms with Gasteiger partial charge in [0.15, 0.2) is 5.78 Å². The van der Waals surface area contributed by atoms with Crippen molar-refractivity contribution in [3.63, 3.8) is 0 Å². The molecule has 0 aliphatic heterocycles. The molecular weight excluding hydrogens is 232 g/mol. The topological polar surface area (TPSA) is 104 Å². The molecule has 0 fully saturated rings. The van der Waals surface area contributed by atoms with Gasteiger partial charge in [0, 0.05) is 16.3 Å². The number of nitrogens with zero attached hydrogens (tertiary/aromatic N) is 1. The summed E-state index contributed by atoms with van der Waals surface area (Å²) in [6.07, 6.45) is 0. The van der Waals surface area contributed by atoms with E-state index in [1.807, 2.05) is 0 Å². The van der Waals surface area contributed by atoms with Gasteiger partial charge < -0.3 is 10.8 Å². The number of carbonyl (C=O) groups excluding carboxylic acids is 1. The number of halogens is 1. The minimum absolute atomic E-state index is 0.0154. The lowest BCUT2D eigenvalue weighted by Gasteiger charge is -2.06. The number of aliphatic carboxylic acids is 1. The summed E-state index contributed by atoms with van der Waals surface area (Å²) in [5.41, 5.74) is 5.55. The van der Waals surface area contributed by atoms with Crippen molar-refractivity contribution in [3.05, 3.63) is 28.8 Å². The number of carboxylic acid groups (broad SMARTS) is 1. The van der Waals surface area contributed by atoms with E-state index in [1.54, 1.807) is 0 Å². The number of nitriles is 1. The molecule has 0 heterocycles. The number of ketones is 1. The second-order valence-corrected chi connectivity index (χ2v) is 3.43. The highest BCUT2D eigenvalue weighted by Gasteiger charge is 2.28. The predicted octanol–water partition coefficient (Wildman–Crippen LogP) is 1.33. The van der Waals surface area contributed by atoms with E-state index in [9.17, 15) is 9.59 Å². The molecule has 5 nitrogen and oxygen atoms in total. The smallest absolute Gasteiger partial charge is 0.329 e. The quantitative estimate of drug-likeness (QED) is 0.470. The van der Waals surface area contributed by atoms with E-state index in [-0.39, 0.29) is 11.3 Å². The maximum atomic E-state index is 11.6. The summed E-state index contributed by atoms with van der Waals surface area (Å²) in [5, 5.41) is 17.5. The number of nitrogens with two attached hydrogens (primary N) is 1. The number of nitrogen functional groups attached to an aromatic ring is 1. The van der Waals surface area contributed by atoms with Gasteiger partial charge in [-0.3, -0.25) is 9.59 Å². The van der Waals surface area contributed by atoms with Crippen LogP contribution in [0.15, 0.2) is 18.2 Å². The van der Waals surface area contributed by atoms with Crippen molar-refractivity contribution >= 4 is 29.0 Å². The minimum atomic E-state index is -1.75. The molecule has 3 N–H and O–H groups in total. The van der Waals surface area contributed by atoms with Crippen LogP contribution in [-0.2, 0) is 4.79 Å². The normalized spacial score (nSPS) is 11.5. The highest BCUT2D eigenvalue weighted by Crippen LogP contribution is 2.20. The fourth-order valence-electron chi connectivity index (χ4n) is 1.14. The number of rotatable bonds is 3. The molecule has 16 heavy (non-hydrogen) atoms. The molecule has 0 radical (unpaired) electrons. The lowest BCUT2D eigenvalue weighted by Crippen LogP contribution is -2.23. The van der Waals surface area contributed by atoms with Gasteiger partial charge in [0.05, 0.1) is 6.07 Å². The van der Waals surface area contributed by atoms with Crippen LogP contribution in [0.3, 0.4) is 0 Å². The molecular formula is C10H7ClN2O3. The van der Waals surface area contributed by atoms with E-state index in [0.29, 0.717) is 5.02 Å². The van der Waals surface area contributed by atoms with Crippen molar-refractivity contribution in [2.75, 3.05) is 5.73 Å². The summed E-state index contributed by atoms with van der Waals surface area (Å²) in [5.74, 6) is -4.09. The average molecular weight is 239 g/mol. The van der Waals surface area contributed by atoms with Gasteiger partial charge in [0.1, 0.15) is 0 Å². The summed E-state index contributed by atoms with van der Waals surface area (Å²) in [6, 6.07) is 5.43. The summed E-state index contributed by atoms with van der Waals surface area (Å²) in [7, 11) is 0. The summed E-state index contributed by atoms with van der Waals surface area (Å²) in [4.78, 5) is 22.2. The standard InChI is InChI=1S/C10H7ClN2O3/c11-5-1-2-6(8(13)3-5)9(14)7(4-12)10(15)16/h1-3,7H,13H2,(H,15,16). The van der Waals surface area contributed by atoms with Crippen LogP contribution in [0.4, 0.5) is 5.69 Å². The third-order valence-corrected chi connectivity index (χ3v) is 2.15. The zero-order valence-corrected chi connectivity index (χ0v) is 8.73. The second-order valence-electron chi connectivity index (χ2n) is 3.00. The fourth-order valence-corrected chi connectivity index (χ4v) is 1.32. The van der Waals surface area contributed by atoms with Crippen LogP contribution in [0.5, 0.6) is 0 Å². The zero-order valence-electron chi connectivity index (χ0n) is 7.98. The molecule has 0 saturated carbocycles. The van der Waals surface area contributed by atoms with E-state index < -0.39 is 17.7 Å². The molecule has 0 aliphatic rings. The molecule has 0 aromatic heterocycles. The molecule has 6 heteroatoms. The molecule has 1 atom stereocenters. The van der Waals surface area contributed by atoms with Crippen molar-refractivity contribution in [1.82, 2.24) is 0 Å². The van der Waals surface area contributed by atoms with Crippen LogP contribution in [0.1, 0.15) is 10.4 Å². The van der Waals surface area contributed by atoms with Crippen LogP contribution in [0, 0.1) is 17.2 Å². The number of anilines is 1. The molecule has 1 unspecified atom stereocenters. The zero-order chi connectivity index (χ0) is 12.3. The first kappa shape index (κ1) is 12.0. The largest absolute Gasteiger partial charge is 0.480 e. The first-order valence-electron chi connectivity index (χ1n) is 4.19. The van der Waals surface area contributed by atoms with E-state index in [4.69, 9.17) is 27.7 Å². The number of benzene rings is 1. The molecule has 1 rings (SSSR count). The average Bonchev–Trinajstić information content (AvgIpc) is 2.17. The van der Waals surface area contributed by atoms with Crippen LogP contribution in [-0.4, -0.2) is 16.9 Å². The van der Waals surface area contributed by atoms with Gasteiger partial charge >= 0.3 is 5.97 Å². The van der Waals surface area contributed by atoms with Crippen molar-refractivity contribution in [1.29, 1.82) is 5.26 Å². The number of hydrogen-bond acceptors (Lipinski definition) is 4. The first-order valence-corrected chi connectivity index (χ1v) is 4.57. The molecule has 1 aromatic rings. The van der Waals surface area contributed by atoms with Gasteiger partial charge in [-0.2, -0.15) is 5.26 Å². The minimum Gasteiger partial charge on any atom is -0.480 e. The predicted molar refractivity (Wildman–Crippen MR) is 56.9 cm³/mol. The monoisotopic (exact) mass is 238 g/mol. The van der Waals surface area contributed by atoms with Gasteiger partial charge in [-0.05, 0) is 18.2 Å². The van der Waals surface area contributed by atoms with Crippen LogP contribution < -0.4 is 5.73 Å². The van der Waals surface area contributed by atoms with Crippen molar-refractivity contribution < 1.29 is 14.7 Å². The highest BCUT2D eigenvalue weighted by molar-refractivity contribution is 6.31. The molecule has 0 saturated heterocycles. The Balaban J connectivity index is 3.15. The number of hydrogen-bond donors (Lipinski definition) is 2. The lowest BCUT2D eigenvalue weighted by atomic mass is 9.98. The Morgan fingerprint density at radius 1 is 1.50 bits per heavy atom. The Labute approximate surface area is 96.0 Å². The summed E-state index contributed by atoms with van der Waals surface area (Å²) < 4.78 is 0. The molecule has 1 aromatic carbocycles. The fraction of sp³-hybridized carbons (Fsp3) is 0.100. The Morgan fingerprint density at radius 3 is 2.56 bits per heavy atom. The van der Waals surface area contributed by atoms with Crippen molar-refractivity contribution in [2.45, 2.75) is 0 Å². The van der Waals surface area contributed by atoms with Crippen LogP contribution >= 0.6 is 11.6 Å². The maximum absolute atomic E-state index is 11.6. The van der Waals surface area contributed by atoms with E-state index in [2.05, 4.69) is 0 Å². The van der Waals surface area contributed by atoms with Crippen molar-refractivity contribution in [2.24, 2.45) is 5.92 Å². The molecule has 82 valence electrons.